The molecule has 0 bridgehead atoms. The normalized spacial score (nSPS) is 17.9. The minimum Gasteiger partial charge on any atom is -0.473 e. The first kappa shape index (κ1) is 15.2. The summed E-state index contributed by atoms with van der Waals surface area (Å²) in [4.78, 5) is 16.2. The third-order valence-electron chi connectivity index (χ3n) is 3.24. The lowest BCUT2D eigenvalue weighted by atomic mass is 10.2. The molecule has 5 heteroatoms. The summed E-state index contributed by atoms with van der Waals surface area (Å²) < 4.78 is 5.80. The fourth-order valence-corrected chi connectivity index (χ4v) is 3.16. The number of carbonyl (C=O) groups excluding carboxylic acids is 1. The maximum Gasteiger partial charge on any atom is 0.251 e. The molecule has 1 fully saturated rings. The van der Waals surface area contributed by atoms with Gasteiger partial charge in [-0.25, -0.2) is 4.98 Å². The first-order valence-corrected chi connectivity index (χ1v) is 8.43. The van der Waals surface area contributed by atoms with Crippen LogP contribution in [0.5, 0.6) is 5.88 Å². The molecular formula is C15H22N2O2S. The average molecular weight is 294 g/mol. The van der Waals surface area contributed by atoms with E-state index in [-0.39, 0.29) is 12.0 Å². The Balaban J connectivity index is 1.86. The van der Waals surface area contributed by atoms with Crippen LogP contribution in [0.4, 0.5) is 0 Å². The fraction of sp³-hybridized carbons (Fsp3) is 0.600. The van der Waals surface area contributed by atoms with Gasteiger partial charge in [-0.15, -0.1) is 0 Å². The molecule has 0 aliphatic carbocycles. The van der Waals surface area contributed by atoms with Crippen LogP contribution in [0.1, 0.15) is 43.0 Å². The van der Waals surface area contributed by atoms with Gasteiger partial charge in [0.2, 0.25) is 5.88 Å². The van der Waals surface area contributed by atoms with E-state index in [1.807, 2.05) is 11.8 Å². The summed E-state index contributed by atoms with van der Waals surface area (Å²) in [6, 6.07) is 3.46. The second-order valence-electron chi connectivity index (χ2n) is 4.95. The molecule has 1 atom stereocenters. The SMILES string of the molecule is CCCCCNC(=O)c1ccnc(OC2CCSC2)c1. The Morgan fingerprint density at radius 2 is 2.45 bits per heavy atom. The molecule has 20 heavy (non-hydrogen) atoms. The largest absolute Gasteiger partial charge is 0.473 e. The zero-order valence-corrected chi connectivity index (χ0v) is 12.7. The van der Waals surface area contributed by atoms with E-state index in [2.05, 4.69) is 17.2 Å². The van der Waals surface area contributed by atoms with E-state index in [4.69, 9.17) is 4.74 Å². The van der Waals surface area contributed by atoms with Crippen molar-refractivity contribution in [2.75, 3.05) is 18.1 Å². The molecule has 1 aromatic rings. The number of thioether (sulfide) groups is 1. The van der Waals surface area contributed by atoms with Crippen LogP contribution in [0.25, 0.3) is 0 Å². The lowest BCUT2D eigenvalue weighted by molar-refractivity contribution is 0.0952. The number of amides is 1. The van der Waals surface area contributed by atoms with Crippen molar-refractivity contribution in [3.05, 3.63) is 23.9 Å². The van der Waals surface area contributed by atoms with Crippen molar-refractivity contribution in [1.82, 2.24) is 10.3 Å². The number of hydrogen-bond acceptors (Lipinski definition) is 4. The van der Waals surface area contributed by atoms with Gasteiger partial charge in [-0.05, 0) is 24.7 Å². The Labute approximate surface area is 124 Å². The lowest BCUT2D eigenvalue weighted by Gasteiger charge is -2.12. The molecule has 1 saturated heterocycles. The number of aromatic nitrogens is 1. The number of pyridine rings is 1. The van der Waals surface area contributed by atoms with E-state index < -0.39 is 0 Å². The van der Waals surface area contributed by atoms with Crippen LogP contribution in [-0.4, -0.2) is 35.0 Å². The van der Waals surface area contributed by atoms with Gasteiger partial charge in [0.15, 0.2) is 0 Å². The summed E-state index contributed by atoms with van der Waals surface area (Å²) in [5.74, 6) is 2.66. The monoisotopic (exact) mass is 294 g/mol. The van der Waals surface area contributed by atoms with Crippen LogP contribution in [0.3, 0.4) is 0 Å². The van der Waals surface area contributed by atoms with Crippen LogP contribution < -0.4 is 10.1 Å². The molecule has 2 rings (SSSR count). The molecule has 110 valence electrons. The van der Waals surface area contributed by atoms with Gasteiger partial charge < -0.3 is 10.1 Å². The molecule has 0 radical (unpaired) electrons. The van der Waals surface area contributed by atoms with Crippen molar-refractivity contribution >= 4 is 17.7 Å². The number of hydrogen-bond donors (Lipinski definition) is 1. The highest BCUT2D eigenvalue weighted by Crippen LogP contribution is 2.22. The summed E-state index contributed by atoms with van der Waals surface area (Å²) in [6.07, 6.45) is 6.25. The van der Waals surface area contributed by atoms with Crippen LogP contribution in [0.2, 0.25) is 0 Å². The van der Waals surface area contributed by atoms with Crippen LogP contribution in [0.15, 0.2) is 18.3 Å². The van der Waals surface area contributed by atoms with Gasteiger partial charge in [0.1, 0.15) is 6.10 Å². The van der Waals surface area contributed by atoms with E-state index in [9.17, 15) is 4.79 Å². The van der Waals surface area contributed by atoms with Crippen molar-refractivity contribution in [2.24, 2.45) is 0 Å². The molecule has 1 N–H and O–H groups in total. The van der Waals surface area contributed by atoms with Crippen molar-refractivity contribution in [3.8, 4) is 5.88 Å². The Morgan fingerprint density at radius 1 is 1.55 bits per heavy atom. The van der Waals surface area contributed by atoms with Gasteiger partial charge in [0.05, 0.1) is 0 Å². The highest BCUT2D eigenvalue weighted by atomic mass is 32.2. The predicted molar refractivity (Wildman–Crippen MR) is 82.5 cm³/mol. The van der Waals surface area contributed by atoms with Crippen LogP contribution in [-0.2, 0) is 0 Å². The molecule has 1 aliphatic rings. The van der Waals surface area contributed by atoms with Gasteiger partial charge in [0, 0.05) is 30.1 Å². The van der Waals surface area contributed by atoms with Crippen molar-refractivity contribution in [2.45, 2.75) is 38.7 Å². The summed E-state index contributed by atoms with van der Waals surface area (Å²) >= 11 is 1.90. The molecule has 1 unspecified atom stereocenters. The van der Waals surface area contributed by atoms with Crippen molar-refractivity contribution < 1.29 is 9.53 Å². The van der Waals surface area contributed by atoms with Gasteiger partial charge in [0.25, 0.3) is 5.91 Å². The minimum atomic E-state index is -0.0471. The zero-order valence-electron chi connectivity index (χ0n) is 11.9. The molecule has 2 heterocycles. The van der Waals surface area contributed by atoms with Crippen LogP contribution >= 0.6 is 11.8 Å². The Morgan fingerprint density at radius 3 is 3.20 bits per heavy atom. The molecular weight excluding hydrogens is 272 g/mol. The molecule has 0 saturated carbocycles. The first-order chi connectivity index (χ1) is 9.79. The highest BCUT2D eigenvalue weighted by Gasteiger charge is 2.18. The summed E-state index contributed by atoms with van der Waals surface area (Å²) in [6.45, 7) is 2.88. The van der Waals surface area contributed by atoms with E-state index >= 15 is 0 Å². The summed E-state index contributed by atoms with van der Waals surface area (Å²) in [7, 11) is 0. The van der Waals surface area contributed by atoms with Crippen LogP contribution in [0, 0.1) is 0 Å². The molecule has 0 aromatic carbocycles. The predicted octanol–water partition coefficient (Wildman–Crippen LogP) is 2.89. The quantitative estimate of drug-likeness (QED) is 0.786. The Kier molecular flexibility index (Phi) is 6.18. The lowest BCUT2D eigenvalue weighted by Crippen LogP contribution is -2.24. The number of carbonyl (C=O) groups is 1. The third-order valence-corrected chi connectivity index (χ3v) is 4.37. The smallest absolute Gasteiger partial charge is 0.251 e. The maximum atomic E-state index is 12.0. The van der Waals surface area contributed by atoms with E-state index in [1.54, 1.807) is 18.3 Å². The molecule has 1 aliphatic heterocycles. The Bertz CT molecular complexity index is 434. The first-order valence-electron chi connectivity index (χ1n) is 7.28. The second kappa shape index (κ2) is 8.15. The third kappa shape index (κ3) is 4.71. The number of rotatable bonds is 7. The standard InChI is InChI=1S/C15H22N2O2S/c1-2-3-4-7-17-15(18)12-5-8-16-14(10-12)19-13-6-9-20-11-13/h5,8,10,13H,2-4,6-7,9,11H2,1H3,(H,17,18). The van der Waals surface area contributed by atoms with E-state index in [0.29, 0.717) is 11.4 Å². The minimum absolute atomic E-state index is 0.0471. The number of ether oxygens (including phenoxy) is 1. The number of unbranched alkanes of at least 4 members (excludes halogenated alkanes) is 2. The molecule has 0 spiro atoms. The topological polar surface area (TPSA) is 51.2 Å². The molecule has 1 amide bonds. The highest BCUT2D eigenvalue weighted by molar-refractivity contribution is 7.99. The number of nitrogens with one attached hydrogen (secondary N) is 1. The summed E-state index contributed by atoms with van der Waals surface area (Å²) in [5, 5.41) is 2.93. The molecule has 4 nitrogen and oxygen atoms in total. The number of nitrogens with zero attached hydrogens (tertiary/aromatic N) is 1. The van der Waals surface area contributed by atoms with E-state index in [1.165, 1.54) is 0 Å². The fourth-order valence-electron chi connectivity index (χ4n) is 2.07. The maximum absolute atomic E-state index is 12.0. The average Bonchev–Trinajstić information content (AvgIpc) is 2.96. The summed E-state index contributed by atoms with van der Waals surface area (Å²) in [5.41, 5.74) is 0.622. The van der Waals surface area contributed by atoms with E-state index in [0.717, 1.165) is 43.7 Å². The Hall–Kier alpha value is -1.23. The van der Waals surface area contributed by atoms with Crippen molar-refractivity contribution in [1.29, 1.82) is 0 Å². The van der Waals surface area contributed by atoms with Gasteiger partial charge in [-0.2, -0.15) is 11.8 Å². The van der Waals surface area contributed by atoms with Gasteiger partial charge in [-0.3, -0.25) is 4.79 Å². The van der Waals surface area contributed by atoms with Gasteiger partial charge in [-0.1, -0.05) is 19.8 Å². The van der Waals surface area contributed by atoms with Crippen molar-refractivity contribution in [3.63, 3.8) is 0 Å². The zero-order chi connectivity index (χ0) is 14.2. The second-order valence-corrected chi connectivity index (χ2v) is 6.10. The van der Waals surface area contributed by atoms with Gasteiger partial charge >= 0.3 is 0 Å². The molecule has 1 aromatic heterocycles.